The number of nitrogens with zero attached hydrogens (tertiary/aromatic N) is 3. The molecule has 0 unspecified atom stereocenters. The Morgan fingerprint density at radius 2 is 1.61 bits per heavy atom. The van der Waals surface area contributed by atoms with E-state index in [1.54, 1.807) is 5.56 Å². The molecule has 4 rings (SSSR count). The van der Waals surface area contributed by atoms with Crippen LogP contribution < -0.4 is 9.80 Å². The molecule has 33 heavy (non-hydrogen) atoms. The molecule has 4 nitrogen and oxygen atoms in total. The van der Waals surface area contributed by atoms with Gasteiger partial charge in [0.05, 0.1) is 6.10 Å². The van der Waals surface area contributed by atoms with Crippen molar-refractivity contribution in [1.82, 2.24) is 4.90 Å². The molecule has 3 fully saturated rings. The van der Waals surface area contributed by atoms with E-state index in [2.05, 4.69) is 74.4 Å². The third-order valence-corrected chi connectivity index (χ3v) is 8.17. The third-order valence-electron chi connectivity index (χ3n) is 8.17. The number of hydrogen-bond donors (Lipinski definition) is 0. The van der Waals surface area contributed by atoms with Crippen molar-refractivity contribution < 1.29 is 4.74 Å². The van der Waals surface area contributed by atoms with Crippen LogP contribution >= 0.6 is 0 Å². The Bertz CT molecular complexity index is 765. The van der Waals surface area contributed by atoms with Crippen molar-refractivity contribution in [2.24, 2.45) is 10.8 Å². The van der Waals surface area contributed by atoms with Crippen LogP contribution in [0.3, 0.4) is 0 Å². The molecule has 1 aromatic carbocycles. The minimum Gasteiger partial charge on any atom is -0.377 e. The molecule has 0 spiro atoms. The molecular weight excluding hydrogens is 406 g/mol. The molecule has 1 atom stereocenters. The first kappa shape index (κ1) is 24.9. The summed E-state index contributed by atoms with van der Waals surface area (Å²) in [6.45, 7) is 23.3. The topological polar surface area (TPSA) is 19.0 Å². The van der Waals surface area contributed by atoms with Gasteiger partial charge in [-0.15, -0.1) is 0 Å². The Balaban J connectivity index is 1.62. The van der Waals surface area contributed by atoms with Crippen molar-refractivity contribution in [2.75, 3.05) is 62.2 Å². The predicted octanol–water partition coefficient (Wildman–Crippen LogP) is 6.15. The molecule has 0 amide bonds. The predicted molar refractivity (Wildman–Crippen MR) is 142 cm³/mol. The summed E-state index contributed by atoms with van der Waals surface area (Å²) in [7, 11) is 0. The van der Waals surface area contributed by atoms with Crippen LogP contribution in [0.5, 0.6) is 0 Å². The lowest BCUT2D eigenvalue weighted by Crippen LogP contribution is -2.47. The maximum Gasteiger partial charge on any atom is 0.0766 e. The van der Waals surface area contributed by atoms with E-state index >= 15 is 0 Å². The fraction of sp³-hybridized carbons (Fsp3) is 0.793. The monoisotopic (exact) mass is 455 g/mol. The van der Waals surface area contributed by atoms with Crippen LogP contribution in [-0.2, 0) is 4.74 Å². The Hall–Kier alpha value is -1.26. The Morgan fingerprint density at radius 3 is 2.24 bits per heavy atom. The second-order valence-corrected chi connectivity index (χ2v) is 12.5. The zero-order chi connectivity index (χ0) is 23.6. The lowest BCUT2D eigenvalue weighted by molar-refractivity contribution is 0.0787. The van der Waals surface area contributed by atoms with Gasteiger partial charge in [0.15, 0.2) is 0 Å². The van der Waals surface area contributed by atoms with Crippen molar-refractivity contribution in [1.29, 1.82) is 0 Å². The summed E-state index contributed by atoms with van der Waals surface area (Å²) in [6, 6.07) is 7.43. The molecule has 1 aliphatic carbocycles. The number of piperazine rings is 1. The number of rotatable bonds is 7. The normalized spacial score (nSPS) is 26.2. The molecule has 1 aromatic rings. The van der Waals surface area contributed by atoms with Gasteiger partial charge in [-0.2, -0.15) is 0 Å². The quantitative estimate of drug-likeness (QED) is 0.490. The Morgan fingerprint density at radius 1 is 0.909 bits per heavy atom. The van der Waals surface area contributed by atoms with E-state index in [0.717, 1.165) is 39.2 Å². The van der Waals surface area contributed by atoms with E-state index < -0.39 is 0 Å². The van der Waals surface area contributed by atoms with Gasteiger partial charge in [-0.3, -0.25) is 4.90 Å². The fourth-order valence-corrected chi connectivity index (χ4v) is 7.28. The van der Waals surface area contributed by atoms with E-state index in [1.807, 2.05) is 0 Å². The largest absolute Gasteiger partial charge is 0.377 e. The molecule has 186 valence electrons. The zero-order valence-corrected chi connectivity index (χ0v) is 22.3. The number of anilines is 2. The van der Waals surface area contributed by atoms with Gasteiger partial charge in [0.25, 0.3) is 0 Å². The second kappa shape index (κ2) is 10.2. The maximum atomic E-state index is 5.95. The molecule has 0 radical (unpaired) electrons. The van der Waals surface area contributed by atoms with Crippen molar-refractivity contribution in [3.05, 3.63) is 23.8 Å². The minimum atomic E-state index is 0.386. The highest BCUT2D eigenvalue weighted by Gasteiger charge is 2.40. The SMILES string of the molecule is CCCN1CCN(c2ccc(N3CC[C@@H](OCC)C3)cc2C2CC(C)(C)CC(C)(C)C2)CC1. The van der Waals surface area contributed by atoms with E-state index in [9.17, 15) is 0 Å². The molecule has 0 aromatic heterocycles. The van der Waals surface area contributed by atoms with Gasteiger partial charge in [0.2, 0.25) is 0 Å². The molecule has 1 saturated carbocycles. The molecular formula is C29H49N3O. The minimum absolute atomic E-state index is 0.386. The molecule has 2 saturated heterocycles. The fourth-order valence-electron chi connectivity index (χ4n) is 7.28. The van der Waals surface area contributed by atoms with E-state index in [0.29, 0.717) is 22.9 Å². The first-order valence-corrected chi connectivity index (χ1v) is 13.7. The standard InChI is InChI=1S/C29H49N3O/c1-7-12-30-14-16-31(17-15-30)27-10-9-24(32-13-11-25(21-32)33-8-2)18-26(27)23-19-28(3,4)22-29(5,6)20-23/h9-10,18,23,25H,7-8,11-17,19-22H2,1-6H3/t25-/m1/s1. The van der Waals surface area contributed by atoms with E-state index in [1.165, 1.54) is 56.7 Å². The summed E-state index contributed by atoms with van der Waals surface area (Å²) in [6.07, 6.45) is 6.70. The van der Waals surface area contributed by atoms with Gasteiger partial charge in [-0.25, -0.2) is 0 Å². The first-order chi connectivity index (χ1) is 15.7. The molecule has 2 aliphatic heterocycles. The number of benzene rings is 1. The van der Waals surface area contributed by atoms with Crippen LogP contribution in [0.4, 0.5) is 11.4 Å². The summed E-state index contributed by atoms with van der Waals surface area (Å²) < 4.78 is 5.95. The summed E-state index contributed by atoms with van der Waals surface area (Å²) >= 11 is 0. The first-order valence-electron chi connectivity index (χ1n) is 13.7. The molecule has 0 bridgehead atoms. The van der Waals surface area contributed by atoms with Gasteiger partial charge in [-0.05, 0) is 86.1 Å². The maximum absolute atomic E-state index is 5.95. The summed E-state index contributed by atoms with van der Waals surface area (Å²) in [5, 5.41) is 0. The zero-order valence-electron chi connectivity index (χ0n) is 22.3. The van der Waals surface area contributed by atoms with Crippen LogP contribution in [0.25, 0.3) is 0 Å². The van der Waals surface area contributed by atoms with Crippen LogP contribution in [0, 0.1) is 10.8 Å². The third kappa shape index (κ3) is 6.06. The van der Waals surface area contributed by atoms with Crippen molar-refractivity contribution in [2.45, 2.75) is 85.7 Å². The molecule has 3 aliphatic rings. The van der Waals surface area contributed by atoms with Gasteiger partial charge in [0.1, 0.15) is 0 Å². The van der Waals surface area contributed by atoms with Crippen molar-refractivity contribution >= 4 is 11.4 Å². The summed E-state index contributed by atoms with van der Waals surface area (Å²) in [5.41, 5.74) is 5.31. The number of hydrogen-bond acceptors (Lipinski definition) is 4. The molecule has 0 N–H and O–H groups in total. The highest BCUT2D eigenvalue weighted by Crippen LogP contribution is 2.53. The van der Waals surface area contributed by atoms with Crippen molar-refractivity contribution in [3.63, 3.8) is 0 Å². The van der Waals surface area contributed by atoms with Gasteiger partial charge < -0.3 is 14.5 Å². The average molecular weight is 456 g/mol. The average Bonchev–Trinajstić information content (AvgIpc) is 3.21. The van der Waals surface area contributed by atoms with Gasteiger partial charge in [0, 0.05) is 57.3 Å². The van der Waals surface area contributed by atoms with Gasteiger partial charge >= 0.3 is 0 Å². The van der Waals surface area contributed by atoms with Crippen molar-refractivity contribution in [3.8, 4) is 0 Å². The summed E-state index contributed by atoms with van der Waals surface area (Å²) in [5.74, 6) is 0.637. The highest BCUT2D eigenvalue weighted by atomic mass is 16.5. The Labute approximate surface area is 203 Å². The van der Waals surface area contributed by atoms with E-state index in [4.69, 9.17) is 4.74 Å². The lowest BCUT2D eigenvalue weighted by Gasteiger charge is -2.46. The number of ether oxygens (including phenoxy) is 1. The van der Waals surface area contributed by atoms with Crippen LogP contribution in [0.2, 0.25) is 0 Å². The summed E-state index contributed by atoms with van der Waals surface area (Å²) in [4.78, 5) is 7.88. The van der Waals surface area contributed by atoms with Crippen LogP contribution in [0.15, 0.2) is 18.2 Å². The van der Waals surface area contributed by atoms with E-state index in [-0.39, 0.29) is 0 Å². The molecule has 4 heteroatoms. The smallest absolute Gasteiger partial charge is 0.0766 e. The highest BCUT2D eigenvalue weighted by molar-refractivity contribution is 5.64. The van der Waals surface area contributed by atoms with Crippen LogP contribution in [0.1, 0.15) is 85.1 Å². The molecule has 2 heterocycles. The van der Waals surface area contributed by atoms with Crippen LogP contribution in [-0.4, -0.2) is 63.4 Å². The second-order valence-electron chi connectivity index (χ2n) is 12.5. The van der Waals surface area contributed by atoms with Gasteiger partial charge in [-0.1, -0.05) is 34.6 Å². The lowest BCUT2D eigenvalue weighted by atomic mass is 9.60. The Kier molecular flexibility index (Phi) is 7.65.